The first-order chi connectivity index (χ1) is 13.1. The molecule has 0 saturated carbocycles. The highest BCUT2D eigenvalue weighted by Crippen LogP contribution is 2.26. The molecule has 9 heteroatoms. The molecule has 0 bridgehead atoms. The Labute approximate surface area is 167 Å². The lowest BCUT2D eigenvalue weighted by molar-refractivity contribution is -0.132. The van der Waals surface area contributed by atoms with Crippen LogP contribution in [0.1, 0.15) is 16.8 Å². The van der Waals surface area contributed by atoms with E-state index in [1.165, 1.54) is 0 Å². The lowest BCUT2D eigenvalue weighted by Crippen LogP contribution is -2.50. The van der Waals surface area contributed by atoms with Crippen molar-refractivity contribution in [3.63, 3.8) is 0 Å². The zero-order valence-corrected chi connectivity index (χ0v) is 16.1. The number of aromatic nitrogens is 2. The van der Waals surface area contributed by atoms with E-state index in [1.807, 2.05) is 0 Å². The Morgan fingerprint density at radius 3 is 2.37 bits per heavy atom. The van der Waals surface area contributed by atoms with Crippen molar-refractivity contribution < 1.29 is 9.59 Å². The predicted octanol–water partition coefficient (Wildman–Crippen LogP) is 2.57. The van der Waals surface area contributed by atoms with Crippen molar-refractivity contribution in [3.05, 3.63) is 52.3 Å². The number of carbonyl (C=O) groups excluding carboxylic acids is 2. The number of anilines is 1. The summed E-state index contributed by atoms with van der Waals surface area (Å²) in [5.41, 5.74) is 0.385. The highest BCUT2D eigenvalue weighted by atomic mass is 35.5. The molecule has 0 atom stereocenters. The fourth-order valence-corrected chi connectivity index (χ4v) is 3.21. The molecule has 0 aliphatic carbocycles. The average molecular weight is 408 g/mol. The Morgan fingerprint density at radius 1 is 1.00 bits per heavy atom. The standard InChI is InChI=1S/C18H19Cl2N5O2/c19-14-4-1-3-13(16(14)20)17(27)25-11-9-24(10-12-25)15(26)5-8-23-18-21-6-2-7-22-18/h1-4,6-7H,5,8-12H2,(H,21,22,23). The highest BCUT2D eigenvalue weighted by Gasteiger charge is 2.26. The van der Waals surface area contributed by atoms with Gasteiger partial charge in [0.2, 0.25) is 11.9 Å². The van der Waals surface area contributed by atoms with Gasteiger partial charge in [-0.15, -0.1) is 0 Å². The van der Waals surface area contributed by atoms with Crippen LogP contribution in [-0.4, -0.2) is 64.3 Å². The van der Waals surface area contributed by atoms with Crippen LogP contribution in [0.5, 0.6) is 0 Å². The Hall–Kier alpha value is -2.38. The molecule has 0 radical (unpaired) electrons. The van der Waals surface area contributed by atoms with Crippen LogP contribution in [0, 0.1) is 0 Å². The smallest absolute Gasteiger partial charge is 0.255 e. The van der Waals surface area contributed by atoms with Crippen molar-refractivity contribution >= 4 is 41.0 Å². The van der Waals surface area contributed by atoms with Crippen molar-refractivity contribution in [2.75, 3.05) is 38.0 Å². The first-order valence-corrected chi connectivity index (χ1v) is 9.34. The van der Waals surface area contributed by atoms with Gasteiger partial charge < -0.3 is 15.1 Å². The number of halogens is 2. The van der Waals surface area contributed by atoms with Crippen molar-refractivity contribution in [2.24, 2.45) is 0 Å². The van der Waals surface area contributed by atoms with Crippen LogP contribution in [0.25, 0.3) is 0 Å². The van der Waals surface area contributed by atoms with Crippen molar-refractivity contribution in [2.45, 2.75) is 6.42 Å². The lowest BCUT2D eigenvalue weighted by atomic mass is 10.1. The lowest BCUT2D eigenvalue weighted by Gasteiger charge is -2.35. The molecule has 1 N–H and O–H groups in total. The van der Waals surface area contributed by atoms with E-state index >= 15 is 0 Å². The molecule has 1 aromatic carbocycles. The van der Waals surface area contributed by atoms with E-state index in [0.29, 0.717) is 55.7 Å². The summed E-state index contributed by atoms with van der Waals surface area (Å²) in [5, 5.41) is 3.63. The minimum atomic E-state index is -0.169. The molecule has 3 rings (SSSR count). The van der Waals surface area contributed by atoms with E-state index in [0.717, 1.165) is 0 Å². The molecule has 1 aromatic heterocycles. The van der Waals surface area contributed by atoms with Gasteiger partial charge in [0, 0.05) is 51.5 Å². The van der Waals surface area contributed by atoms with E-state index in [9.17, 15) is 9.59 Å². The molecule has 1 saturated heterocycles. The van der Waals surface area contributed by atoms with Gasteiger partial charge in [-0.3, -0.25) is 9.59 Å². The Bertz CT molecular complexity index is 811. The number of benzene rings is 1. The number of amides is 2. The zero-order chi connectivity index (χ0) is 19.2. The fraction of sp³-hybridized carbons (Fsp3) is 0.333. The maximum Gasteiger partial charge on any atom is 0.255 e. The highest BCUT2D eigenvalue weighted by molar-refractivity contribution is 6.43. The summed E-state index contributed by atoms with van der Waals surface area (Å²) in [7, 11) is 0. The second-order valence-corrected chi connectivity index (χ2v) is 6.81. The van der Waals surface area contributed by atoms with Crippen LogP contribution < -0.4 is 5.32 Å². The van der Waals surface area contributed by atoms with Gasteiger partial charge in [-0.05, 0) is 18.2 Å². The summed E-state index contributed by atoms with van der Waals surface area (Å²) in [4.78, 5) is 36.5. The molecule has 2 aromatic rings. The molecule has 142 valence electrons. The second kappa shape index (κ2) is 9.01. The number of nitrogens with one attached hydrogen (secondary N) is 1. The predicted molar refractivity (Wildman–Crippen MR) is 104 cm³/mol. The Morgan fingerprint density at radius 2 is 1.67 bits per heavy atom. The maximum atomic E-state index is 12.6. The van der Waals surface area contributed by atoms with Crippen molar-refractivity contribution in [1.29, 1.82) is 0 Å². The third-order valence-electron chi connectivity index (χ3n) is 4.29. The van der Waals surface area contributed by atoms with Gasteiger partial charge in [0.05, 0.1) is 15.6 Å². The number of hydrogen-bond acceptors (Lipinski definition) is 5. The van der Waals surface area contributed by atoms with E-state index in [2.05, 4.69) is 15.3 Å². The van der Waals surface area contributed by atoms with Crippen LogP contribution >= 0.6 is 23.2 Å². The van der Waals surface area contributed by atoms with E-state index in [-0.39, 0.29) is 16.8 Å². The second-order valence-electron chi connectivity index (χ2n) is 6.02. The summed E-state index contributed by atoms with van der Waals surface area (Å²) in [5.74, 6) is 0.364. The molecule has 7 nitrogen and oxygen atoms in total. The quantitative estimate of drug-likeness (QED) is 0.823. The van der Waals surface area contributed by atoms with Gasteiger partial charge in [0.25, 0.3) is 5.91 Å². The molecule has 1 aliphatic rings. The largest absolute Gasteiger partial charge is 0.354 e. The third kappa shape index (κ3) is 4.87. The van der Waals surface area contributed by atoms with Gasteiger partial charge in [0.1, 0.15) is 0 Å². The van der Waals surface area contributed by atoms with Crippen molar-refractivity contribution in [3.8, 4) is 0 Å². The molecule has 2 heterocycles. The maximum absolute atomic E-state index is 12.6. The molecule has 1 aliphatic heterocycles. The van der Waals surface area contributed by atoms with Crippen LogP contribution in [0.4, 0.5) is 5.95 Å². The van der Waals surface area contributed by atoms with Crippen molar-refractivity contribution in [1.82, 2.24) is 19.8 Å². The monoisotopic (exact) mass is 407 g/mol. The van der Waals surface area contributed by atoms with Gasteiger partial charge in [-0.1, -0.05) is 29.3 Å². The van der Waals surface area contributed by atoms with Crippen LogP contribution in [0.3, 0.4) is 0 Å². The number of carbonyl (C=O) groups is 2. The summed E-state index contributed by atoms with van der Waals surface area (Å²) >= 11 is 12.1. The number of rotatable bonds is 5. The van der Waals surface area contributed by atoms with Gasteiger partial charge in [-0.2, -0.15) is 0 Å². The first-order valence-electron chi connectivity index (χ1n) is 8.58. The number of nitrogens with zero attached hydrogens (tertiary/aromatic N) is 4. The van der Waals surface area contributed by atoms with Crippen LogP contribution in [0.15, 0.2) is 36.7 Å². The molecule has 1 fully saturated rings. The van der Waals surface area contributed by atoms with E-state index in [4.69, 9.17) is 23.2 Å². The van der Waals surface area contributed by atoms with Gasteiger partial charge >= 0.3 is 0 Å². The molecule has 0 spiro atoms. The SMILES string of the molecule is O=C(CCNc1ncccn1)N1CCN(C(=O)c2cccc(Cl)c2Cl)CC1. The van der Waals surface area contributed by atoms with E-state index < -0.39 is 0 Å². The first kappa shape index (κ1) is 19.4. The van der Waals surface area contributed by atoms with Gasteiger partial charge in [-0.25, -0.2) is 9.97 Å². The molecular weight excluding hydrogens is 389 g/mol. The summed E-state index contributed by atoms with van der Waals surface area (Å²) in [6.45, 7) is 2.36. The molecule has 0 unspecified atom stereocenters. The van der Waals surface area contributed by atoms with E-state index in [1.54, 1.807) is 46.5 Å². The van der Waals surface area contributed by atoms with Gasteiger partial charge in [0.15, 0.2) is 0 Å². The molecule has 27 heavy (non-hydrogen) atoms. The zero-order valence-electron chi connectivity index (χ0n) is 14.6. The van der Waals surface area contributed by atoms with Crippen LogP contribution in [-0.2, 0) is 4.79 Å². The topological polar surface area (TPSA) is 78.4 Å². The minimum absolute atomic E-state index is 0.0336. The summed E-state index contributed by atoms with van der Waals surface area (Å²) < 4.78 is 0. The fourth-order valence-electron chi connectivity index (χ4n) is 2.83. The number of piperazine rings is 1. The summed E-state index contributed by atoms with van der Waals surface area (Å²) in [6.07, 6.45) is 3.62. The average Bonchev–Trinajstić information content (AvgIpc) is 2.70. The minimum Gasteiger partial charge on any atom is -0.354 e. The Kier molecular flexibility index (Phi) is 6.47. The Balaban J connectivity index is 1.47. The van der Waals surface area contributed by atoms with Crippen LogP contribution in [0.2, 0.25) is 10.0 Å². The number of hydrogen-bond donors (Lipinski definition) is 1. The summed E-state index contributed by atoms with van der Waals surface area (Å²) in [6, 6.07) is 6.73. The third-order valence-corrected chi connectivity index (χ3v) is 5.11. The molecular formula is C18H19Cl2N5O2. The molecule has 2 amide bonds. The normalized spacial score (nSPS) is 14.1.